The average Bonchev–Trinajstić information content (AvgIpc) is 3.31. The summed E-state index contributed by atoms with van der Waals surface area (Å²) in [5, 5.41) is 5.45. The number of fused-ring (bicyclic) bond motifs is 3. The van der Waals surface area contributed by atoms with E-state index in [1.165, 1.54) is 39.9 Å². The van der Waals surface area contributed by atoms with Gasteiger partial charge in [-0.25, -0.2) is 9.97 Å². The molecule has 7 heteroatoms. The molecule has 3 aromatic heterocycles. The fraction of sp³-hybridized carbons (Fsp3) is 0.526. The first-order valence-electron chi connectivity index (χ1n) is 9.36. The van der Waals surface area contributed by atoms with Crippen molar-refractivity contribution in [1.82, 2.24) is 20.0 Å². The van der Waals surface area contributed by atoms with Crippen LogP contribution in [0.1, 0.15) is 34.1 Å². The third-order valence-corrected chi connectivity index (χ3v) is 6.58. The molecule has 0 amide bonds. The molecule has 0 unspecified atom stereocenters. The molecule has 3 aromatic rings. The van der Waals surface area contributed by atoms with Crippen molar-refractivity contribution in [3.8, 4) is 0 Å². The Kier molecular flexibility index (Phi) is 3.94. The van der Waals surface area contributed by atoms with Crippen LogP contribution in [0.4, 0.5) is 5.82 Å². The van der Waals surface area contributed by atoms with Crippen LogP contribution in [0.25, 0.3) is 10.2 Å². The number of aryl methyl sites for hydroxylation is 4. The van der Waals surface area contributed by atoms with Gasteiger partial charge in [-0.2, -0.15) is 0 Å². The largest absolute Gasteiger partial charge is 0.361 e. The average molecular weight is 369 g/mol. The van der Waals surface area contributed by atoms with Gasteiger partial charge in [-0.1, -0.05) is 5.16 Å². The lowest BCUT2D eigenvalue weighted by Crippen LogP contribution is -2.46. The maximum absolute atomic E-state index is 5.19. The molecule has 6 nitrogen and oxygen atoms in total. The van der Waals surface area contributed by atoms with E-state index in [2.05, 4.69) is 15.0 Å². The van der Waals surface area contributed by atoms with Gasteiger partial charge >= 0.3 is 0 Å². The molecule has 26 heavy (non-hydrogen) atoms. The molecule has 2 aliphatic rings. The molecule has 0 saturated carbocycles. The minimum absolute atomic E-state index is 0.858. The van der Waals surface area contributed by atoms with Crippen molar-refractivity contribution in [2.24, 2.45) is 0 Å². The molecule has 0 bridgehead atoms. The van der Waals surface area contributed by atoms with Gasteiger partial charge in [0, 0.05) is 43.7 Å². The maximum Gasteiger partial charge on any atom is 0.141 e. The molecule has 0 aromatic carbocycles. The first-order valence-corrected chi connectivity index (χ1v) is 10.2. The van der Waals surface area contributed by atoms with Crippen molar-refractivity contribution < 1.29 is 4.52 Å². The highest BCUT2D eigenvalue weighted by atomic mass is 32.1. The van der Waals surface area contributed by atoms with Crippen LogP contribution < -0.4 is 4.90 Å². The summed E-state index contributed by atoms with van der Waals surface area (Å²) >= 11 is 1.88. The van der Waals surface area contributed by atoms with E-state index in [9.17, 15) is 0 Å². The van der Waals surface area contributed by atoms with E-state index in [-0.39, 0.29) is 0 Å². The van der Waals surface area contributed by atoms with Crippen molar-refractivity contribution in [1.29, 1.82) is 0 Å². The number of piperazine rings is 1. The lowest BCUT2D eigenvalue weighted by molar-refractivity contribution is 0.241. The van der Waals surface area contributed by atoms with Gasteiger partial charge in [-0.3, -0.25) is 4.90 Å². The summed E-state index contributed by atoms with van der Waals surface area (Å²) in [5.74, 6) is 2.92. The monoisotopic (exact) mass is 369 g/mol. The molecule has 1 aliphatic carbocycles. The summed E-state index contributed by atoms with van der Waals surface area (Å²) in [4.78, 5) is 17.2. The highest BCUT2D eigenvalue weighted by Gasteiger charge is 2.26. The topological polar surface area (TPSA) is 58.3 Å². The van der Waals surface area contributed by atoms with Crippen LogP contribution in [0.3, 0.4) is 0 Å². The van der Waals surface area contributed by atoms with Crippen LogP contribution in [-0.2, 0) is 19.4 Å². The Morgan fingerprint density at radius 3 is 2.73 bits per heavy atom. The predicted molar refractivity (Wildman–Crippen MR) is 103 cm³/mol. The zero-order valence-electron chi connectivity index (χ0n) is 15.3. The summed E-state index contributed by atoms with van der Waals surface area (Å²) in [6.07, 6.45) is 3.66. The Labute approximate surface area is 156 Å². The number of hydrogen-bond acceptors (Lipinski definition) is 7. The molecular weight excluding hydrogens is 346 g/mol. The maximum atomic E-state index is 5.19. The molecule has 0 N–H and O–H groups in total. The lowest BCUT2D eigenvalue weighted by atomic mass is 10.1. The number of nitrogens with zero attached hydrogens (tertiary/aromatic N) is 5. The van der Waals surface area contributed by atoms with Gasteiger partial charge in [0.2, 0.25) is 0 Å². The predicted octanol–water partition coefficient (Wildman–Crippen LogP) is 3.11. The van der Waals surface area contributed by atoms with Gasteiger partial charge in [0.05, 0.1) is 11.1 Å². The third kappa shape index (κ3) is 2.79. The number of anilines is 1. The van der Waals surface area contributed by atoms with Crippen molar-refractivity contribution in [2.75, 3.05) is 31.1 Å². The van der Waals surface area contributed by atoms with Crippen molar-refractivity contribution in [3.05, 3.63) is 33.8 Å². The minimum Gasteiger partial charge on any atom is -0.361 e. The smallest absolute Gasteiger partial charge is 0.141 e. The van der Waals surface area contributed by atoms with Crippen LogP contribution in [0.2, 0.25) is 0 Å². The summed E-state index contributed by atoms with van der Waals surface area (Å²) in [6.45, 7) is 8.83. The van der Waals surface area contributed by atoms with Crippen LogP contribution in [0, 0.1) is 13.8 Å². The zero-order chi connectivity index (χ0) is 17.7. The van der Waals surface area contributed by atoms with Crippen molar-refractivity contribution in [3.63, 3.8) is 0 Å². The van der Waals surface area contributed by atoms with Gasteiger partial charge in [0.15, 0.2) is 0 Å². The molecule has 0 radical (unpaired) electrons. The Morgan fingerprint density at radius 1 is 1.12 bits per heavy atom. The molecule has 1 saturated heterocycles. The second kappa shape index (κ2) is 6.32. The van der Waals surface area contributed by atoms with E-state index in [4.69, 9.17) is 14.5 Å². The second-order valence-corrected chi connectivity index (χ2v) is 8.41. The fourth-order valence-corrected chi connectivity index (χ4v) is 5.45. The van der Waals surface area contributed by atoms with E-state index in [1.807, 2.05) is 31.3 Å². The second-order valence-electron chi connectivity index (χ2n) is 7.32. The summed E-state index contributed by atoms with van der Waals surface area (Å²) in [7, 11) is 0. The van der Waals surface area contributed by atoms with Crippen LogP contribution in [-0.4, -0.2) is 46.2 Å². The Morgan fingerprint density at radius 2 is 1.96 bits per heavy atom. The standard InChI is InChI=1S/C19H23N5OS/c1-12-10-14(22-25-12)11-23-6-8-24(9-7-23)18-17-15-4-3-5-16(15)26-19(17)21-13(2)20-18/h10H,3-9,11H2,1-2H3. The van der Waals surface area contributed by atoms with Gasteiger partial charge in [-0.05, 0) is 38.7 Å². The van der Waals surface area contributed by atoms with E-state index in [0.717, 1.165) is 55.8 Å². The normalized spacial score (nSPS) is 18.0. The molecule has 1 aliphatic heterocycles. The highest BCUT2D eigenvalue weighted by molar-refractivity contribution is 7.19. The quantitative estimate of drug-likeness (QED) is 0.707. The fourth-order valence-electron chi connectivity index (χ4n) is 4.15. The van der Waals surface area contributed by atoms with Crippen molar-refractivity contribution >= 4 is 27.4 Å². The zero-order valence-corrected chi connectivity index (χ0v) is 16.1. The minimum atomic E-state index is 0.858. The molecule has 1 fully saturated rings. The van der Waals surface area contributed by atoms with E-state index in [0.29, 0.717) is 0 Å². The Balaban J connectivity index is 1.38. The van der Waals surface area contributed by atoms with Gasteiger partial charge in [-0.15, -0.1) is 11.3 Å². The summed E-state index contributed by atoms with van der Waals surface area (Å²) in [5.41, 5.74) is 2.53. The van der Waals surface area contributed by atoms with Gasteiger partial charge in [0.25, 0.3) is 0 Å². The third-order valence-electron chi connectivity index (χ3n) is 5.39. The number of aromatic nitrogens is 3. The molecule has 0 spiro atoms. The number of hydrogen-bond donors (Lipinski definition) is 0. The van der Waals surface area contributed by atoms with Gasteiger partial charge < -0.3 is 9.42 Å². The van der Waals surface area contributed by atoms with E-state index < -0.39 is 0 Å². The molecule has 0 atom stereocenters. The van der Waals surface area contributed by atoms with E-state index >= 15 is 0 Å². The number of rotatable bonds is 3. The Hall–Kier alpha value is -1.99. The summed E-state index contributed by atoms with van der Waals surface area (Å²) < 4.78 is 5.19. The summed E-state index contributed by atoms with van der Waals surface area (Å²) in [6, 6.07) is 2.03. The first kappa shape index (κ1) is 16.2. The Bertz CT molecular complexity index is 954. The molecule has 4 heterocycles. The highest BCUT2D eigenvalue weighted by Crippen LogP contribution is 2.40. The van der Waals surface area contributed by atoms with Crippen LogP contribution in [0.15, 0.2) is 10.6 Å². The molecule has 136 valence electrons. The molecule has 5 rings (SSSR count). The number of thiophene rings is 1. The lowest BCUT2D eigenvalue weighted by Gasteiger charge is -2.35. The van der Waals surface area contributed by atoms with Gasteiger partial charge in [0.1, 0.15) is 22.2 Å². The van der Waals surface area contributed by atoms with E-state index in [1.54, 1.807) is 0 Å². The SMILES string of the molecule is Cc1nc(N2CCN(Cc3cc(C)on3)CC2)c2c3c(sc2n1)CCC3. The molecular formula is C19H23N5OS. The van der Waals surface area contributed by atoms with Crippen LogP contribution in [0.5, 0.6) is 0 Å². The van der Waals surface area contributed by atoms with Crippen molar-refractivity contribution in [2.45, 2.75) is 39.7 Å². The van der Waals surface area contributed by atoms with Crippen LogP contribution >= 0.6 is 11.3 Å². The first-order chi connectivity index (χ1) is 12.7.